The van der Waals surface area contributed by atoms with E-state index in [-0.39, 0.29) is 6.04 Å². The van der Waals surface area contributed by atoms with Gasteiger partial charge < -0.3 is 10.2 Å². The fourth-order valence-electron chi connectivity index (χ4n) is 2.32. The number of halogens is 3. The molecule has 0 radical (unpaired) electrons. The molecule has 1 fully saturated rings. The molecule has 6 heteroatoms. The van der Waals surface area contributed by atoms with Crippen molar-refractivity contribution < 1.29 is 18.0 Å². The van der Waals surface area contributed by atoms with Gasteiger partial charge in [-0.05, 0) is 50.5 Å². The van der Waals surface area contributed by atoms with Crippen molar-refractivity contribution >= 4 is 11.6 Å². The van der Waals surface area contributed by atoms with Crippen LogP contribution in [0.1, 0.15) is 35.7 Å². The van der Waals surface area contributed by atoms with Gasteiger partial charge >= 0.3 is 6.18 Å². The van der Waals surface area contributed by atoms with Crippen molar-refractivity contribution in [1.82, 2.24) is 4.90 Å². The molecule has 0 aliphatic heterocycles. The SMILES string of the molecule is CCNc1ccc(C(=O)N(CC(F)(F)F)C2CC2)c(C)c1. The van der Waals surface area contributed by atoms with Gasteiger partial charge in [-0.1, -0.05) is 0 Å². The Morgan fingerprint density at radius 2 is 2.05 bits per heavy atom. The number of hydrogen-bond acceptors (Lipinski definition) is 2. The van der Waals surface area contributed by atoms with E-state index in [1.54, 1.807) is 25.1 Å². The molecule has 0 spiro atoms. The molecule has 116 valence electrons. The van der Waals surface area contributed by atoms with Crippen LogP contribution in [0.5, 0.6) is 0 Å². The summed E-state index contributed by atoms with van der Waals surface area (Å²) in [5.74, 6) is -0.532. The van der Waals surface area contributed by atoms with Crippen LogP contribution < -0.4 is 5.32 Å². The van der Waals surface area contributed by atoms with Gasteiger partial charge in [-0.25, -0.2) is 0 Å². The molecule has 2 rings (SSSR count). The summed E-state index contributed by atoms with van der Waals surface area (Å²) in [6.07, 6.45) is -3.07. The van der Waals surface area contributed by atoms with E-state index in [9.17, 15) is 18.0 Å². The summed E-state index contributed by atoms with van der Waals surface area (Å²) in [7, 11) is 0. The zero-order chi connectivity index (χ0) is 15.6. The Balaban J connectivity index is 2.20. The maximum Gasteiger partial charge on any atom is 0.406 e. The first kappa shape index (κ1) is 15.7. The predicted molar refractivity (Wildman–Crippen MR) is 75.5 cm³/mol. The summed E-state index contributed by atoms with van der Waals surface area (Å²) in [4.78, 5) is 13.4. The van der Waals surface area contributed by atoms with Crippen LogP contribution in [0.2, 0.25) is 0 Å². The standard InChI is InChI=1S/C15H19F3N2O/c1-3-19-11-4-7-13(10(2)8-11)14(21)20(12-5-6-12)9-15(16,17)18/h4,7-8,12,19H,3,5-6,9H2,1-2H3. The minimum absolute atomic E-state index is 0.271. The summed E-state index contributed by atoms with van der Waals surface area (Å²) < 4.78 is 37.9. The lowest BCUT2D eigenvalue weighted by atomic mass is 10.1. The van der Waals surface area contributed by atoms with Crippen molar-refractivity contribution in [3.63, 3.8) is 0 Å². The van der Waals surface area contributed by atoms with Gasteiger partial charge in [0, 0.05) is 23.8 Å². The Morgan fingerprint density at radius 3 is 2.52 bits per heavy atom. The lowest BCUT2D eigenvalue weighted by molar-refractivity contribution is -0.141. The molecule has 1 aliphatic rings. The van der Waals surface area contributed by atoms with Gasteiger partial charge in [-0.2, -0.15) is 13.2 Å². The van der Waals surface area contributed by atoms with Crippen molar-refractivity contribution in [2.75, 3.05) is 18.4 Å². The molecule has 0 heterocycles. The van der Waals surface area contributed by atoms with E-state index in [4.69, 9.17) is 0 Å². The van der Waals surface area contributed by atoms with Crippen LogP contribution in [-0.4, -0.2) is 36.1 Å². The van der Waals surface area contributed by atoms with Gasteiger partial charge in [-0.15, -0.1) is 0 Å². The van der Waals surface area contributed by atoms with E-state index in [2.05, 4.69) is 5.32 Å². The Morgan fingerprint density at radius 1 is 1.38 bits per heavy atom. The molecule has 0 saturated heterocycles. The molecule has 0 bridgehead atoms. The van der Waals surface area contributed by atoms with Crippen LogP contribution in [0, 0.1) is 6.92 Å². The Bertz CT molecular complexity index is 524. The van der Waals surface area contributed by atoms with E-state index < -0.39 is 18.6 Å². The van der Waals surface area contributed by atoms with Crippen LogP contribution in [0.3, 0.4) is 0 Å². The monoisotopic (exact) mass is 300 g/mol. The highest BCUT2D eigenvalue weighted by atomic mass is 19.4. The van der Waals surface area contributed by atoms with E-state index in [1.807, 2.05) is 6.92 Å². The molecule has 1 aromatic carbocycles. The van der Waals surface area contributed by atoms with Crippen LogP contribution in [0.25, 0.3) is 0 Å². The quantitative estimate of drug-likeness (QED) is 0.901. The molecule has 3 nitrogen and oxygen atoms in total. The van der Waals surface area contributed by atoms with Crippen LogP contribution in [0.15, 0.2) is 18.2 Å². The first-order valence-corrected chi connectivity index (χ1v) is 7.04. The number of rotatable bonds is 5. The molecular formula is C15H19F3N2O. The van der Waals surface area contributed by atoms with Crippen molar-refractivity contribution in [1.29, 1.82) is 0 Å². The summed E-state index contributed by atoms with van der Waals surface area (Å²) >= 11 is 0. The summed E-state index contributed by atoms with van der Waals surface area (Å²) in [6, 6.07) is 4.84. The minimum atomic E-state index is -4.37. The smallest absolute Gasteiger partial charge is 0.385 e. The van der Waals surface area contributed by atoms with E-state index in [0.717, 1.165) is 17.1 Å². The molecule has 1 amide bonds. The van der Waals surface area contributed by atoms with Gasteiger partial charge in [0.1, 0.15) is 6.54 Å². The van der Waals surface area contributed by atoms with Crippen molar-refractivity contribution in [3.05, 3.63) is 29.3 Å². The number of nitrogens with zero attached hydrogens (tertiary/aromatic N) is 1. The number of anilines is 1. The van der Waals surface area contributed by atoms with Crippen molar-refractivity contribution in [2.45, 2.75) is 38.9 Å². The molecular weight excluding hydrogens is 281 g/mol. The number of carbonyl (C=O) groups excluding carboxylic acids is 1. The Hall–Kier alpha value is -1.72. The maximum absolute atomic E-state index is 12.6. The lowest BCUT2D eigenvalue weighted by Crippen LogP contribution is -2.40. The van der Waals surface area contributed by atoms with Crippen molar-refractivity contribution in [3.8, 4) is 0 Å². The molecule has 1 aromatic rings. The number of nitrogens with one attached hydrogen (secondary N) is 1. The average Bonchev–Trinajstić information content (AvgIpc) is 3.19. The highest BCUT2D eigenvalue weighted by Crippen LogP contribution is 2.32. The van der Waals surface area contributed by atoms with Gasteiger partial charge in [-0.3, -0.25) is 4.79 Å². The fourth-order valence-corrected chi connectivity index (χ4v) is 2.32. The fraction of sp³-hybridized carbons (Fsp3) is 0.533. The third-order valence-corrected chi connectivity index (χ3v) is 3.44. The van der Waals surface area contributed by atoms with E-state index in [1.165, 1.54) is 0 Å². The molecule has 0 unspecified atom stereocenters. The second-order valence-corrected chi connectivity index (χ2v) is 5.34. The highest BCUT2D eigenvalue weighted by molar-refractivity contribution is 5.96. The second kappa shape index (κ2) is 5.95. The van der Waals surface area contributed by atoms with Gasteiger partial charge in [0.15, 0.2) is 0 Å². The van der Waals surface area contributed by atoms with Gasteiger partial charge in [0.05, 0.1) is 0 Å². The third-order valence-electron chi connectivity index (χ3n) is 3.44. The first-order valence-electron chi connectivity index (χ1n) is 7.04. The molecule has 21 heavy (non-hydrogen) atoms. The van der Waals surface area contributed by atoms with Crippen LogP contribution >= 0.6 is 0 Å². The number of alkyl halides is 3. The third kappa shape index (κ3) is 4.12. The normalized spacial score (nSPS) is 14.9. The van der Waals surface area contributed by atoms with Gasteiger partial charge in [0.25, 0.3) is 5.91 Å². The summed E-state index contributed by atoms with van der Waals surface area (Å²) in [6.45, 7) is 3.26. The van der Waals surface area contributed by atoms with Gasteiger partial charge in [0.2, 0.25) is 0 Å². The molecule has 0 aromatic heterocycles. The average molecular weight is 300 g/mol. The summed E-state index contributed by atoms with van der Waals surface area (Å²) in [5.41, 5.74) is 1.89. The number of benzene rings is 1. The zero-order valence-electron chi connectivity index (χ0n) is 12.1. The largest absolute Gasteiger partial charge is 0.406 e. The topological polar surface area (TPSA) is 32.3 Å². The number of hydrogen-bond donors (Lipinski definition) is 1. The van der Waals surface area contributed by atoms with E-state index >= 15 is 0 Å². The molecule has 1 N–H and O–H groups in total. The lowest BCUT2D eigenvalue weighted by Gasteiger charge is -2.24. The first-order chi connectivity index (χ1) is 9.81. The Kier molecular flexibility index (Phi) is 4.44. The maximum atomic E-state index is 12.6. The number of amides is 1. The molecule has 1 aliphatic carbocycles. The summed E-state index contributed by atoms with van der Waals surface area (Å²) in [5, 5.41) is 3.11. The minimum Gasteiger partial charge on any atom is -0.385 e. The highest BCUT2D eigenvalue weighted by Gasteiger charge is 2.41. The van der Waals surface area contributed by atoms with Crippen LogP contribution in [-0.2, 0) is 0 Å². The number of aryl methyl sites for hydroxylation is 1. The predicted octanol–water partition coefficient (Wildman–Crippen LogP) is 3.59. The second-order valence-electron chi connectivity index (χ2n) is 5.34. The van der Waals surface area contributed by atoms with Crippen LogP contribution in [0.4, 0.5) is 18.9 Å². The Labute approximate surface area is 122 Å². The molecule has 1 saturated carbocycles. The number of carbonyl (C=O) groups is 1. The van der Waals surface area contributed by atoms with Crippen molar-refractivity contribution in [2.24, 2.45) is 0 Å². The van der Waals surface area contributed by atoms with E-state index in [0.29, 0.717) is 24.0 Å². The zero-order valence-corrected chi connectivity index (χ0v) is 12.1. The molecule has 0 atom stereocenters.